The lowest BCUT2D eigenvalue weighted by atomic mass is 10.0. The van der Waals surface area contributed by atoms with Crippen molar-refractivity contribution in [2.45, 2.75) is 24.9 Å². The molecule has 1 heteroatoms. The van der Waals surface area contributed by atoms with Crippen molar-refractivity contribution in [1.82, 2.24) is 0 Å². The predicted octanol–water partition coefficient (Wildman–Crippen LogP) is 3.97. The summed E-state index contributed by atoms with van der Waals surface area (Å²) in [5.74, 6) is 1.04. The van der Waals surface area contributed by atoms with Crippen LogP contribution in [0.4, 0.5) is 0 Å². The van der Waals surface area contributed by atoms with Crippen LogP contribution in [-0.2, 0) is 4.74 Å². The van der Waals surface area contributed by atoms with Crippen LogP contribution in [0.3, 0.4) is 0 Å². The van der Waals surface area contributed by atoms with Crippen molar-refractivity contribution in [3.63, 3.8) is 0 Å². The van der Waals surface area contributed by atoms with Gasteiger partial charge in [-0.3, -0.25) is 0 Å². The Morgan fingerprint density at radius 3 is 1.61 bits per heavy atom. The van der Waals surface area contributed by atoms with Crippen molar-refractivity contribution in [3.05, 3.63) is 71.8 Å². The summed E-state index contributed by atoms with van der Waals surface area (Å²) in [4.78, 5) is 0. The molecule has 1 fully saturated rings. The third-order valence-corrected chi connectivity index (χ3v) is 3.68. The second kappa shape index (κ2) is 4.95. The van der Waals surface area contributed by atoms with Crippen molar-refractivity contribution in [2.24, 2.45) is 0 Å². The first-order valence-electron chi connectivity index (χ1n) is 6.63. The van der Waals surface area contributed by atoms with Gasteiger partial charge in [0.05, 0.1) is 6.10 Å². The van der Waals surface area contributed by atoms with E-state index < -0.39 is 0 Å². The molecule has 1 saturated carbocycles. The molecule has 0 aliphatic heterocycles. The first-order valence-corrected chi connectivity index (χ1v) is 6.63. The first kappa shape index (κ1) is 11.5. The summed E-state index contributed by atoms with van der Waals surface area (Å²) < 4.78 is 5.89. The SMILES string of the molecule is CCOC1[C@@H](c2ccccc2)[C@H]1c1ccccc1. The Kier molecular flexibility index (Phi) is 3.16. The zero-order valence-corrected chi connectivity index (χ0v) is 10.6. The molecular formula is C17H18O. The molecule has 1 aliphatic rings. The molecule has 2 aromatic rings. The van der Waals surface area contributed by atoms with Crippen LogP contribution in [0, 0.1) is 0 Å². The van der Waals surface area contributed by atoms with Crippen LogP contribution in [0.25, 0.3) is 0 Å². The third kappa shape index (κ3) is 2.06. The molecule has 1 nitrogen and oxygen atoms in total. The monoisotopic (exact) mass is 238 g/mol. The van der Waals surface area contributed by atoms with E-state index in [1.165, 1.54) is 11.1 Å². The molecule has 0 N–H and O–H groups in total. The van der Waals surface area contributed by atoms with Gasteiger partial charge in [-0.15, -0.1) is 0 Å². The smallest absolute Gasteiger partial charge is 0.0725 e. The van der Waals surface area contributed by atoms with Gasteiger partial charge in [-0.05, 0) is 18.1 Å². The topological polar surface area (TPSA) is 9.23 Å². The standard InChI is InChI=1S/C17H18O/c1-2-18-17-15(13-9-5-3-6-10-13)16(17)14-11-7-4-8-12-14/h3-12,15-17H,2H2,1H3/t15-,16+,17?. The van der Waals surface area contributed by atoms with E-state index in [4.69, 9.17) is 4.74 Å². The van der Waals surface area contributed by atoms with Gasteiger partial charge >= 0.3 is 0 Å². The number of rotatable bonds is 4. The van der Waals surface area contributed by atoms with Crippen molar-refractivity contribution in [3.8, 4) is 0 Å². The highest BCUT2D eigenvalue weighted by Crippen LogP contribution is 2.56. The van der Waals surface area contributed by atoms with Crippen LogP contribution in [0.15, 0.2) is 60.7 Å². The van der Waals surface area contributed by atoms with Crippen LogP contribution in [0.1, 0.15) is 29.9 Å². The molecule has 0 spiro atoms. The molecular weight excluding hydrogens is 220 g/mol. The summed E-state index contributed by atoms with van der Waals surface area (Å²) in [5.41, 5.74) is 2.79. The highest BCUT2D eigenvalue weighted by molar-refractivity contribution is 5.40. The van der Waals surface area contributed by atoms with Gasteiger partial charge in [-0.2, -0.15) is 0 Å². The lowest BCUT2D eigenvalue weighted by Gasteiger charge is -1.99. The highest BCUT2D eigenvalue weighted by Gasteiger charge is 2.52. The molecule has 92 valence electrons. The Morgan fingerprint density at radius 2 is 1.22 bits per heavy atom. The van der Waals surface area contributed by atoms with Crippen LogP contribution < -0.4 is 0 Å². The van der Waals surface area contributed by atoms with Crippen LogP contribution >= 0.6 is 0 Å². The molecule has 1 aliphatic carbocycles. The molecule has 0 radical (unpaired) electrons. The number of hydrogen-bond donors (Lipinski definition) is 0. The van der Waals surface area contributed by atoms with Crippen LogP contribution in [-0.4, -0.2) is 12.7 Å². The maximum absolute atomic E-state index is 5.89. The molecule has 18 heavy (non-hydrogen) atoms. The number of hydrogen-bond acceptors (Lipinski definition) is 1. The summed E-state index contributed by atoms with van der Waals surface area (Å²) >= 11 is 0. The summed E-state index contributed by atoms with van der Waals surface area (Å²) in [6.45, 7) is 2.86. The maximum atomic E-state index is 5.89. The van der Waals surface area contributed by atoms with Gasteiger partial charge in [-0.1, -0.05) is 60.7 Å². The molecule has 0 heterocycles. The van der Waals surface area contributed by atoms with Gasteiger partial charge in [0.15, 0.2) is 0 Å². The fourth-order valence-corrected chi connectivity index (χ4v) is 2.83. The van der Waals surface area contributed by atoms with Gasteiger partial charge in [0.1, 0.15) is 0 Å². The van der Waals surface area contributed by atoms with Crippen molar-refractivity contribution < 1.29 is 4.74 Å². The zero-order valence-electron chi connectivity index (χ0n) is 10.6. The molecule has 0 bridgehead atoms. The van der Waals surface area contributed by atoms with E-state index in [1.54, 1.807) is 0 Å². The number of benzene rings is 2. The van der Waals surface area contributed by atoms with Gasteiger partial charge in [0, 0.05) is 18.4 Å². The predicted molar refractivity (Wildman–Crippen MR) is 73.8 cm³/mol. The van der Waals surface area contributed by atoms with Crippen molar-refractivity contribution in [1.29, 1.82) is 0 Å². The van der Waals surface area contributed by atoms with Crippen molar-refractivity contribution >= 4 is 0 Å². The fraction of sp³-hybridized carbons (Fsp3) is 0.294. The van der Waals surface area contributed by atoms with Gasteiger partial charge in [0.25, 0.3) is 0 Å². The Bertz CT molecular complexity index is 446. The van der Waals surface area contributed by atoms with E-state index in [0.29, 0.717) is 17.9 Å². The molecule has 1 unspecified atom stereocenters. The minimum atomic E-state index is 0.347. The average Bonchev–Trinajstić information content (AvgIpc) is 3.15. The second-order valence-corrected chi connectivity index (χ2v) is 4.79. The van der Waals surface area contributed by atoms with E-state index in [1.807, 2.05) is 0 Å². The van der Waals surface area contributed by atoms with E-state index >= 15 is 0 Å². The van der Waals surface area contributed by atoms with Gasteiger partial charge < -0.3 is 4.74 Å². The fourth-order valence-electron chi connectivity index (χ4n) is 2.83. The molecule has 0 amide bonds. The maximum Gasteiger partial charge on any atom is 0.0725 e. The Balaban J connectivity index is 1.86. The number of ether oxygens (including phenoxy) is 1. The lowest BCUT2D eigenvalue weighted by Crippen LogP contribution is -1.96. The Labute approximate surface area is 108 Å². The molecule has 0 aromatic heterocycles. The average molecular weight is 238 g/mol. The summed E-state index contributed by atoms with van der Waals surface area (Å²) in [7, 11) is 0. The molecule has 0 saturated heterocycles. The summed E-state index contributed by atoms with van der Waals surface area (Å²) in [6, 6.07) is 21.4. The van der Waals surface area contributed by atoms with E-state index in [-0.39, 0.29) is 0 Å². The minimum Gasteiger partial charge on any atom is -0.377 e. The minimum absolute atomic E-state index is 0.347. The van der Waals surface area contributed by atoms with E-state index in [2.05, 4.69) is 67.6 Å². The Morgan fingerprint density at radius 1 is 0.778 bits per heavy atom. The normalized spacial score (nSPS) is 25.9. The zero-order chi connectivity index (χ0) is 12.4. The van der Waals surface area contributed by atoms with E-state index in [0.717, 1.165) is 6.61 Å². The molecule has 3 atom stereocenters. The quantitative estimate of drug-likeness (QED) is 0.783. The van der Waals surface area contributed by atoms with Gasteiger partial charge in [-0.25, -0.2) is 0 Å². The highest BCUT2D eigenvalue weighted by atomic mass is 16.5. The molecule has 2 aromatic carbocycles. The van der Waals surface area contributed by atoms with Gasteiger partial charge in [0.2, 0.25) is 0 Å². The lowest BCUT2D eigenvalue weighted by molar-refractivity contribution is 0.124. The van der Waals surface area contributed by atoms with Crippen LogP contribution in [0.5, 0.6) is 0 Å². The van der Waals surface area contributed by atoms with Crippen LogP contribution in [0.2, 0.25) is 0 Å². The van der Waals surface area contributed by atoms with Crippen molar-refractivity contribution in [2.75, 3.05) is 6.61 Å². The van der Waals surface area contributed by atoms with E-state index in [9.17, 15) is 0 Å². The Hall–Kier alpha value is -1.60. The first-order chi connectivity index (χ1) is 8.92. The molecule has 3 rings (SSSR count). The largest absolute Gasteiger partial charge is 0.377 e. The summed E-state index contributed by atoms with van der Waals surface area (Å²) in [5, 5.41) is 0. The summed E-state index contributed by atoms with van der Waals surface area (Å²) in [6.07, 6.45) is 0.347. The second-order valence-electron chi connectivity index (χ2n) is 4.79. The third-order valence-electron chi connectivity index (χ3n) is 3.68.